The van der Waals surface area contributed by atoms with Crippen LogP contribution in [-0.4, -0.2) is 296 Å². The first-order valence-electron chi connectivity index (χ1n) is 42.8. The molecule has 0 spiro atoms. The number of nitrogens with one attached hydrogen (secondary N) is 13. The quantitative estimate of drug-likeness (QED) is 0.0189. The number of hydrogen-bond acceptors (Lipinski definition) is 21. The monoisotopic (exact) mass is 1780 g/mol. The minimum atomic E-state index is -1.75. The number of carbonyl (C=O) groups excluding carboxylic acids is 17. The van der Waals surface area contributed by atoms with Crippen LogP contribution in [0.15, 0.2) is 73.3 Å². The summed E-state index contributed by atoms with van der Waals surface area (Å²) in [4.78, 5) is 262. The van der Waals surface area contributed by atoms with Crippen molar-refractivity contribution in [2.24, 2.45) is 35.0 Å². The number of guanidine groups is 1. The average molecular weight is 1780 g/mol. The number of amides is 16. The second kappa shape index (κ2) is 50.8. The molecule has 0 bridgehead atoms. The normalized spacial score (nSPS) is 24.4. The maximum absolute atomic E-state index is 15.3. The molecule has 41 heteroatoms. The molecule has 2 saturated heterocycles. The molecule has 14 atom stereocenters. The van der Waals surface area contributed by atoms with Crippen molar-refractivity contribution in [1.82, 2.24) is 92.6 Å². The van der Waals surface area contributed by atoms with Crippen molar-refractivity contribution < 1.29 is 86.6 Å². The van der Waals surface area contributed by atoms with Gasteiger partial charge in [0.1, 0.15) is 72.5 Å². The Morgan fingerprint density at radius 3 is 1.87 bits per heavy atom. The number of likely N-dealkylation sites (N-methyl/N-ethyl adjacent to an activating group) is 4. The molecular formula is C85H128N22O18S. The fraction of sp³-hybridized carbons (Fsp3) is 0.588. The van der Waals surface area contributed by atoms with Crippen LogP contribution in [0.2, 0.25) is 0 Å². The van der Waals surface area contributed by atoms with Gasteiger partial charge in [-0.3, -0.25) is 86.9 Å². The van der Waals surface area contributed by atoms with E-state index in [1.54, 1.807) is 88.5 Å². The minimum absolute atomic E-state index is 0.00447. The van der Waals surface area contributed by atoms with E-state index in [1.165, 1.54) is 57.4 Å². The van der Waals surface area contributed by atoms with Crippen LogP contribution in [0.25, 0.3) is 10.9 Å². The van der Waals surface area contributed by atoms with E-state index in [-0.39, 0.29) is 89.6 Å². The highest BCUT2D eigenvalue weighted by Gasteiger charge is 2.44. The predicted octanol–water partition coefficient (Wildman–Crippen LogP) is -1.73. The Bertz CT molecular complexity index is 4440. The summed E-state index contributed by atoms with van der Waals surface area (Å²) < 4.78 is 0. The van der Waals surface area contributed by atoms with Crippen molar-refractivity contribution in [2.45, 2.75) is 230 Å². The zero-order chi connectivity index (χ0) is 93.2. The summed E-state index contributed by atoms with van der Waals surface area (Å²) in [5.74, 6) is -18.3. The number of ketones is 1. The highest BCUT2D eigenvalue weighted by atomic mass is 32.2. The van der Waals surface area contributed by atoms with Gasteiger partial charge in [0, 0.05) is 101 Å². The molecule has 40 nitrogen and oxygen atoms in total. The van der Waals surface area contributed by atoms with Gasteiger partial charge >= 0.3 is 0 Å². The number of aromatic amines is 2. The van der Waals surface area contributed by atoms with E-state index in [0.717, 1.165) is 26.5 Å². The van der Waals surface area contributed by atoms with Crippen molar-refractivity contribution in [3.05, 3.63) is 90.1 Å². The zero-order valence-corrected chi connectivity index (χ0v) is 74.6. The number of para-hydroxylation sites is 1. The summed E-state index contributed by atoms with van der Waals surface area (Å²) in [6, 6.07) is -2.04. The van der Waals surface area contributed by atoms with Crippen molar-refractivity contribution in [3.8, 4) is 0 Å². The molecule has 20 N–H and O–H groups in total. The number of imidazole rings is 1. The van der Waals surface area contributed by atoms with E-state index in [2.05, 4.69) is 68.1 Å². The van der Waals surface area contributed by atoms with Gasteiger partial charge in [0.2, 0.25) is 94.5 Å². The third kappa shape index (κ3) is 31.0. The first kappa shape index (κ1) is 103. The van der Waals surface area contributed by atoms with E-state index in [1.807, 2.05) is 13.8 Å². The summed E-state index contributed by atoms with van der Waals surface area (Å²) in [6.45, 7) is 9.61. The molecule has 0 radical (unpaired) electrons. The van der Waals surface area contributed by atoms with Crippen LogP contribution in [0.4, 0.5) is 0 Å². The summed E-state index contributed by atoms with van der Waals surface area (Å²) in [7, 11) is 5.32. The second-order valence-electron chi connectivity index (χ2n) is 32.7. The fourth-order valence-corrected chi connectivity index (χ4v) is 15.8. The molecule has 0 saturated carbocycles. The molecule has 16 amide bonds. The number of aliphatic hydroxyl groups is 1. The number of aromatic nitrogens is 3. The number of nitrogens with two attached hydrogens (primary N) is 3. The van der Waals surface area contributed by atoms with Gasteiger partial charge in [-0.15, -0.1) is 11.8 Å². The number of benzene rings is 2. The van der Waals surface area contributed by atoms with Crippen LogP contribution in [0.5, 0.6) is 0 Å². The lowest BCUT2D eigenvalue weighted by Gasteiger charge is -2.37. The van der Waals surface area contributed by atoms with Crippen molar-refractivity contribution >= 4 is 129 Å². The minimum Gasteiger partial charge on any atom is -0.394 e. The van der Waals surface area contributed by atoms with Crippen molar-refractivity contribution in [3.63, 3.8) is 0 Å². The topological polar surface area (TPSA) is 593 Å². The number of carbonyl (C=O) groups is 17. The lowest BCUT2D eigenvalue weighted by Crippen LogP contribution is -2.61. The van der Waals surface area contributed by atoms with E-state index in [0.29, 0.717) is 53.4 Å². The van der Waals surface area contributed by atoms with Crippen LogP contribution in [0.1, 0.15) is 155 Å². The maximum atomic E-state index is 15.3. The Morgan fingerprint density at radius 2 is 1.24 bits per heavy atom. The number of rotatable bonds is 26. The Labute approximate surface area is 737 Å². The van der Waals surface area contributed by atoms with Gasteiger partial charge in [0.05, 0.1) is 38.2 Å². The van der Waals surface area contributed by atoms with E-state index >= 15 is 14.4 Å². The lowest BCUT2D eigenvalue weighted by atomic mass is 9.92. The molecule has 692 valence electrons. The molecule has 4 aromatic rings. The van der Waals surface area contributed by atoms with Gasteiger partial charge in [0.25, 0.3) is 0 Å². The molecule has 4 heterocycles. The molecule has 126 heavy (non-hydrogen) atoms. The van der Waals surface area contributed by atoms with Crippen LogP contribution in [-0.2, 0) is 101 Å². The van der Waals surface area contributed by atoms with E-state index in [4.69, 9.17) is 22.6 Å². The molecule has 6 rings (SSSR count). The number of aliphatic hydroxyl groups excluding tert-OH is 1. The molecule has 2 fully saturated rings. The smallest absolute Gasteiger partial charge is 0.246 e. The molecular weight excluding hydrogens is 1650 g/mol. The Kier molecular flexibility index (Phi) is 41.4. The van der Waals surface area contributed by atoms with Crippen molar-refractivity contribution in [1.29, 1.82) is 5.41 Å². The first-order chi connectivity index (χ1) is 59.8. The number of nitrogens with zero attached hydrogens (tertiary/aromatic N) is 6. The Hall–Kier alpha value is -12.0. The number of fused-ring (bicyclic) bond motifs is 2. The van der Waals surface area contributed by atoms with Gasteiger partial charge < -0.3 is 110 Å². The highest BCUT2D eigenvalue weighted by molar-refractivity contribution is 8.00. The number of primary amides is 2. The van der Waals surface area contributed by atoms with Crippen LogP contribution in [0.3, 0.4) is 0 Å². The van der Waals surface area contributed by atoms with Gasteiger partial charge in [0.15, 0.2) is 11.7 Å². The summed E-state index contributed by atoms with van der Waals surface area (Å²) in [5, 5.41) is 45.9. The molecule has 2 aromatic carbocycles. The van der Waals surface area contributed by atoms with Crippen LogP contribution < -0.4 is 70.4 Å². The standard InChI is InChI=1S/C85H128N22O18S/c1-12-15-29-65-78(119)96-58(28-22-32-91-85(88)89)75(116)101-64(74(115)93-42-69(87)111)45-126-46-70(112)95-61(35-51-24-18-17-19-25-51)81(122)104(9)50(7)72(113)98-62(39-68(86)110)82(123)107-33-23-31-66(107)79(120)97-59(38-54-41-90-47-94-54)76(117)99-60(34-48(4)5)80(121)103(8)43-55(109)37-52(36-53-40-92-57-27-21-20-26-56(53)57)73(114)100-63(44-108)77(118)102-71(49(6)14-3)84(125)106(11)67(30-16-13-2)83(124)105(65)10/h17-21,24-27,40-41,47-50,52,58-67,71,92,108H,12-16,22-23,28-39,42-46H2,1-11H3,(H2,86,110)(H2,87,111)(H,90,94)(H,93,115)(H,95,112)(H,96,119)(H,97,120)(H,98,113)(H,99,117)(H,100,114)(H,101,116)(H,102,118)(H4,88,89,91)/t49-,50-,52+,58-,59-,60-,61-,62-,63-,64-,65-,66-,67-,71-/m0/s1. The van der Waals surface area contributed by atoms with Gasteiger partial charge in [-0.05, 0) is 87.3 Å². The number of Topliss-reactive ketones (excluding diaryl/α,β-unsaturated/α-hetero) is 1. The largest absolute Gasteiger partial charge is 0.394 e. The number of hydrogen-bond donors (Lipinski definition) is 17. The first-order valence-corrected chi connectivity index (χ1v) is 43.9. The van der Waals surface area contributed by atoms with E-state index in [9.17, 15) is 72.2 Å². The molecule has 0 aliphatic carbocycles. The lowest BCUT2D eigenvalue weighted by molar-refractivity contribution is -0.150. The Balaban J connectivity index is 1.43. The van der Waals surface area contributed by atoms with Gasteiger partial charge in [-0.1, -0.05) is 122 Å². The van der Waals surface area contributed by atoms with Gasteiger partial charge in [-0.25, -0.2) is 4.98 Å². The number of thioether (sulfide) groups is 1. The molecule has 2 aliphatic rings. The zero-order valence-electron chi connectivity index (χ0n) is 73.8. The van der Waals surface area contributed by atoms with Crippen molar-refractivity contribution in [2.75, 3.05) is 72.5 Å². The Morgan fingerprint density at radius 1 is 0.611 bits per heavy atom. The summed E-state index contributed by atoms with van der Waals surface area (Å²) >= 11 is 0.800. The van der Waals surface area contributed by atoms with Crippen LogP contribution >= 0.6 is 11.8 Å². The number of H-pyrrole nitrogens is 2. The summed E-state index contributed by atoms with van der Waals surface area (Å²) in [6.07, 6.45) is 4.81. The summed E-state index contributed by atoms with van der Waals surface area (Å²) in [5.41, 5.74) is 18.9. The third-order valence-corrected chi connectivity index (χ3v) is 23.5. The fourth-order valence-electron chi connectivity index (χ4n) is 15.0. The predicted molar refractivity (Wildman–Crippen MR) is 468 cm³/mol. The van der Waals surface area contributed by atoms with Crippen LogP contribution in [0, 0.1) is 23.2 Å². The van der Waals surface area contributed by atoms with Gasteiger partial charge in [-0.2, -0.15) is 0 Å². The molecule has 2 aromatic heterocycles. The maximum Gasteiger partial charge on any atom is 0.246 e. The molecule has 2 aliphatic heterocycles. The highest BCUT2D eigenvalue weighted by Crippen LogP contribution is 2.26. The number of unbranched alkanes of at least 4 members (excludes halogenated alkanes) is 2. The SMILES string of the molecule is CCCC[C@H]1C(=O)N(C)[C@@H](CCCC)C(=O)N[C@@H](CCCNC(=N)N)C(=O)N[C@H](C(=O)NCC(N)=O)CSCC(=O)N[C@@H](Cc2ccccc2)C(=O)N(C)[C@@H](C)C(=O)N[C@@H](CC(N)=O)C(=O)N2CCC[C@H]2C(=O)N[C@@H](Cc2cnc[nH]2)C(=O)N[C@@H](CC(C)C)C(=O)N(C)CC(=O)C[C@@H](Cc2c[nH]c3ccccc23)C(=O)N[C@@H](CO)C(=O)N[C@@H]([C@@H](C)CC)C(=O)N1C. The second-order valence-corrected chi connectivity index (χ2v) is 33.8. The average Bonchev–Trinajstić information content (AvgIpc) is 1.36. The van der Waals surface area contributed by atoms with E-state index < -0.39 is 235 Å². The molecule has 0 unspecified atom stereocenters. The third-order valence-electron chi connectivity index (χ3n) is 22.5.